The Hall–Kier alpha value is -1.89. The smallest absolute Gasteiger partial charge is 0.305 e. The minimum Gasteiger partial charge on any atom is -0.466 e. The van der Waals surface area contributed by atoms with Crippen LogP contribution in [0.25, 0.3) is 0 Å². The summed E-state index contributed by atoms with van der Waals surface area (Å²) in [7, 11) is 0. The lowest BCUT2D eigenvalue weighted by molar-refractivity contribution is -0.143. The molecule has 1 aromatic heterocycles. The quantitative estimate of drug-likeness (QED) is 0.593. The van der Waals surface area contributed by atoms with Gasteiger partial charge < -0.3 is 15.4 Å². The summed E-state index contributed by atoms with van der Waals surface area (Å²) in [6, 6.07) is 3.33. The standard InChI is InChI=1S/C13H18N2O4S/c1-3-19-12(17)5-4-8-14-13(18)10-6-7-11(20-10)15-9(2)16/h6-7H,3-5,8H2,1-2H3,(H,14,18)(H,15,16). The van der Waals surface area contributed by atoms with Gasteiger partial charge in [-0.3, -0.25) is 14.4 Å². The molecule has 0 aliphatic rings. The minimum absolute atomic E-state index is 0.173. The first-order chi connectivity index (χ1) is 9.52. The monoisotopic (exact) mass is 298 g/mol. The van der Waals surface area contributed by atoms with Crippen LogP contribution < -0.4 is 10.6 Å². The van der Waals surface area contributed by atoms with Gasteiger partial charge in [0.2, 0.25) is 5.91 Å². The Kier molecular flexibility index (Phi) is 6.72. The molecule has 110 valence electrons. The molecule has 0 radical (unpaired) electrons. The molecule has 2 amide bonds. The van der Waals surface area contributed by atoms with Crippen molar-refractivity contribution in [1.82, 2.24) is 5.32 Å². The van der Waals surface area contributed by atoms with E-state index in [1.807, 2.05) is 0 Å². The molecule has 2 N–H and O–H groups in total. The fourth-order valence-corrected chi connectivity index (χ4v) is 2.32. The third-order valence-electron chi connectivity index (χ3n) is 2.28. The lowest BCUT2D eigenvalue weighted by Gasteiger charge is -2.03. The van der Waals surface area contributed by atoms with Crippen LogP contribution in [0.3, 0.4) is 0 Å². The Balaban J connectivity index is 2.30. The molecule has 20 heavy (non-hydrogen) atoms. The fraction of sp³-hybridized carbons (Fsp3) is 0.462. The maximum Gasteiger partial charge on any atom is 0.305 e. The average Bonchev–Trinajstić information content (AvgIpc) is 2.82. The van der Waals surface area contributed by atoms with Gasteiger partial charge in [0, 0.05) is 19.9 Å². The highest BCUT2D eigenvalue weighted by Gasteiger charge is 2.09. The number of rotatable bonds is 7. The van der Waals surface area contributed by atoms with Crippen LogP contribution in [0, 0.1) is 0 Å². The van der Waals surface area contributed by atoms with E-state index in [-0.39, 0.29) is 24.2 Å². The van der Waals surface area contributed by atoms with Gasteiger partial charge in [-0.2, -0.15) is 0 Å². The molecule has 0 unspecified atom stereocenters. The van der Waals surface area contributed by atoms with Crippen molar-refractivity contribution in [3.63, 3.8) is 0 Å². The maximum atomic E-state index is 11.8. The Morgan fingerprint density at radius 3 is 2.70 bits per heavy atom. The van der Waals surface area contributed by atoms with Gasteiger partial charge in [-0.15, -0.1) is 11.3 Å². The molecular formula is C13H18N2O4S. The molecule has 0 aliphatic heterocycles. The van der Waals surface area contributed by atoms with E-state index in [0.717, 1.165) is 0 Å². The fourth-order valence-electron chi connectivity index (χ4n) is 1.46. The third-order valence-corrected chi connectivity index (χ3v) is 3.28. The maximum absolute atomic E-state index is 11.8. The zero-order chi connectivity index (χ0) is 15.0. The van der Waals surface area contributed by atoms with E-state index in [1.165, 1.54) is 18.3 Å². The number of esters is 1. The number of hydrogen-bond acceptors (Lipinski definition) is 5. The van der Waals surface area contributed by atoms with E-state index in [0.29, 0.717) is 29.5 Å². The molecule has 0 aromatic carbocycles. The first-order valence-corrected chi connectivity index (χ1v) is 7.15. The Labute approximate surface area is 121 Å². The molecule has 7 heteroatoms. The first kappa shape index (κ1) is 16.2. The van der Waals surface area contributed by atoms with Gasteiger partial charge in [-0.05, 0) is 25.5 Å². The van der Waals surface area contributed by atoms with Gasteiger partial charge in [-0.1, -0.05) is 0 Å². The number of nitrogens with one attached hydrogen (secondary N) is 2. The molecule has 1 rings (SSSR count). The second-order valence-corrected chi connectivity index (χ2v) is 5.09. The van der Waals surface area contributed by atoms with E-state index in [4.69, 9.17) is 4.74 Å². The van der Waals surface area contributed by atoms with Crippen molar-refractivity contribution in [3.8, 4) is 0 Å². The number of thiophene rings is 1. The molecule has 1 heterocycles. The molecule has 6 nitrogen and oxygen atoms in total. The van der Waals surface area contributed by atoms with Crippen molar-refractivity contribution >= 4 is 34.1 Å². The van der Waals surface area contributed by atoms with Gasteiger partial charge >= 0.3 is 5.97 Å². The predicted octanol–water partition coefficient (Wildman–Crippen LogP) is 1.78. The molecular weight excluding hydrogens is 280 g/mol. The highest BCUT2D eigenvalue weighted by Crippen LogP contribution is 2.21. The molecule has 0 aliphatic carbocycles. The third kappa shape index (κ3) is 5.83. The van der Waals surface area contributed by atoms with E-state index < -0.39 is 0 Å². The van der Waals surface area contributed by atoms with E-state index in [1.54, 1.807) is 19.1 Å². The van der Waals surface area contributed by atoms with Crippen molar-refractivity contribution in [1.29, 1.82) is 0 Å². The number of ether oxygens (including phenoxy) is 1. The topological polar surface area (TPSA) is 84.5 Å². The van der Waals surface area contributed by atoms with Crippen molar-refractivity contribution < 1.29 is 19.1 Å². The van der Waals surface area contributed by atoms with Crippen LogP contribution in [0.15, 0.2) is 12.1 Å². The summed E-state index contributed by atoms with van der Waals surface area (Å²) >= 11 is 1.21. The Morgan fingerprint density at radius 2 is 2.05 bits per heavy atom. The van der Waals surface area contributed by atoms with Crippen molar-refractivity contribution in [2.75, 3.05) is 18.5 Å². The zero-order valence-corrected chi connectivity index (χ0v) is 12.3. The molecule has 0 spiro atoms. The molecule has 0 saturated heterocycles. The molecule has 0 atom stereocenters. The highest BCUT2D eigenvalue weighted by molar-refractivity contribution is 7.18. The summed E-state index contributed by atoms with van der Waals surface area (Å²) < 4.78 is 4.78. The number of carbonyl (C=O) groups excluding carboxylic acids is 3. The van der Waals surface area contributed by atoms with Crippen LogP contribution in [-0.4, -0.2) is 30.9 Å². The van der Waals surface area contributed by atoms with Gasteiger partial charge in [0.05, 0.1) is 16.5 Å². The minimum atomic E-state index is -0.259. The second-order valence-electron chi connectivity index (χ2n) is 4.01. The Morgan fingerprint density at radius 1 is 1.30 bits per heavy atom. The predicted molar refractivity (Wildman–Crippen MR) is 76.8 cm³/mol. The molecule has 0 saturated carbocycles. The van der Waals surface area contributed by atoms with E-state index >= 15 is 0 Å². The van der Waals surface area contributed by atoms with E-state index in [9.17, 15) is 14.4 Å². The summed E-state index contributed by atoms with van der Waals surface area (Å²) in [6.45, 7) is 3.94. The Bertz CT molecular complexity index is 484. The zero-order valence-electron chi connectivity index (χ0n) is 11.5. The summed E-state index contributed by atoms with van der Waals surface area (Å²) in [4.78, 5) is 34.3. The van der Waals surface area contributed by atoms with E-state index in [2.05, 4.69) is 10.6 Å². The molecule has 0 fully saturated rings. The van der Waals surface area contributed by atoms with Crippen LogP contribution in [-0.2, 0) is 14.3 Å². The van der Waals surface area contributed by atoms with Crippen LogP contribution in [0.1, 0.15) is 36.4 Å². The average molecular weight is 298 g/mol. The summed E-state index contributed by atoms with van der Waals surface area (Å²) in [6.07, 6.45) is 0.824. The van der Waals surface area contributed by atoms with Crippen LogP contribution >= 0.6 is 11.3 Å². The number of amides is 2. The highest BCUT2D eigenvalue weighted by atomic mass is 32.1. The van der Waals surface area contributed by atoms with Crippen molar-refractivity contribution in [2.24, 2.45) is 0 Å². The number of hydrogen-bond donors (Lipinski definition) is 2. The summed E-state index contributed by atoms with van der Waals surface area (Å²) in [5.74, 6) is -0.644. The van der Waals surface area contributed by atoms with Gasteiger partial charge in [0.15, 0.2) is 0 Å². The largest absolute Gasteiger partial charge is 0.466 e. The lowest BCUT2D eigenvalue weighted by Crippen LogP contribution is -2.24. The molecule has 0 bridgehead atoms. The van der Waals surface area contributed by atoms with Crippen molar-refractivity contribution in [3.05, 3.63) is 17.0 Å². The number of carbonyl (C=O) groups is 3. The summed E-state index contributed by atoms with van der Waals surface area (Å²) in [5, 5.41) is 5.96. The lowest BCUT2D eigenvalue weighted by atomic mass is 10.3. The normalized spacial score (nSPS) is 9.90. The van der Waals surface area contributed by atoms with Gasteiger partial charge in [0.1, 0.15) is 0 Å². The van der Waals surface area contributed by atoms with Crippen LogP contribution in [0.4, 0.5) is 5.00 Å². The van der Waals surface area contributed by atoms with Crippen LogP contribution in [0.2, 0.25) is 0 Å². The first-order valence-electron chi connectivity index (χ1n) is 6.34. The van der Waals surface area contributed by atoms with Crippen LogP contribution in [0.5, 0.6) is 0 Å². The van der Waals surface area contributed by atoms with Gasteiger partial charge in [0.25, 0.3) is 5.91 Å². The SMILES string of the molecule is CCOC(=O)CCCNC(=O)c1ccc(NC(C)=O)s1. The second kappa shape index (κ2) is 8.31. The number of anilines is 1. The van der Waals surface area contributed by atoms with Crippen molar-refractivity contribution in [2.45, 2.75) is 26.7 Å². The summed E-state index contributed by atoms with van der Waals surface area (Å²) in [5.41, 5.74) is 0. The van der Waals surface area contributed by atoms with Gasteiger partial charge in [-0.25, -0.2) is 0 Å². The molecule has 1 aromatic rings.